The van der Waals surface area contributed by atoms with E-state index < -0.39 is 27.8 Å². The molecule has 1 N–H and O–H groups in total. The fourth-order valence-electron chi connectivity index (χ4n) is 5.21. The van der Waals surface area contributed by atoms with Gasteiger partial charge in [-0.05, 0) is 69.4 Å². The maximum absolute atomic E-state index is 13.7. The van der Waals surface area contributed by atoms with Crippen molar-refractivity contribution >= 4 is 15.9 Å². The Morgan fingerprint density at radius 3 is 2.79 bits per heavy atom. The van der Waals surface area contributed by atoms with Gasteiger partial charge in [0.1, 0.15) is 17.5 Å². The molecule has 1 saturated heterocycles. The normalized spacial score (nSPS) is 26.7. The summed E-state index contributed by atoms with van der Waals surface area (Å²) in [5, 5.41) is 11.2. The van der Waals surface area contributed by atoms with Gasteiger partial charge in [-0.1, -0.05) is 18.2 Å². The minimum absolute atomic E-state index is 0.0211. The third kappa shape index (κ3) is 3.69. The second kappa shape index (κ2) is 8.02. The number of likely N-dealkylation sites (tertiary alicyclic amines) is 1. The van der Waals surface area contributed by atoms with Gasteiger partial charge in [0, 0.05) is 25.1 Å². The van der Waals surface area contributed by atoms with Gasteiger partial charge in [0.15, 0.2) is 0 Å². The Morgan fingerprint density at radius 1 is 1.18 bits per heavy atom. The number of hydrogen-bond donors (Lipinski definition) is 1. The summed E-state index contributed by atoms with van der Waals surface area (Å²) in [6, 6.07) is 4.16. The summed E-state index contributed by atoms with van der Waals surface area (Å²) in [5.74, 6) is 0.485. The minimum atomic E-state index is -3.83. The highest BCUT2D eigenvalue weighted by Gasteiger charge is 2.47. The molecule has 2 unspecified atom stereocenters. The van der Waals surface area contributed by atoms with Gasteiger partial charge in [-0.25, -0.2) is 8.42 Å². The number of aliphatic hydroxyl groups is 1. The standard InChI is InChI=1S/C25H30N2O5S/c1-25(2)24(29)23(26-14-6-5-11-22(26)28)19-16-18(12-13-21(19)32-25)33(30,31)27-15-7-9-17-8-3-4-10-20(17)27/h3-4,9-10,12-13,16,23-24,29H,5-8,11,14-15H2,1-2H3. The van der Waals surface area contributed by atoms with Crippen molar-refractivity contribution in [3.63, 3.8) is 0 Å². The Bertz CT molecular complexity index is 1180. The molecule has 1 fully saturated rings. The number of rotatable bonds is 3. The van der Waals surface area contributed by atoms with Crippen LogP contribution < -0.4 is 4.74 Å². The van der Waals surface area contributed by atoms with Crippen LogP contribution in [0.25, 0.3) is 0 Å². The third-order valence-corrected chi connectivity index (χ3v) is 8.83. The van der Waals surface area contributed by atoms with Gasteiger partial charge in [0.25, 0.3) is 10.0 Å². The SMILES string of the molecule is CC1(C)Oc2ccc(S(=O)(=O)N3CCC=C4CC=CC=C43)cc2C(N2CCCCC2=O)C1O. The molecule has 5 rings (SSSR count). The van der Waals surface area contributed by atoms with Crippen LogP contribution in [0.5, 0.6) is 5.75 Å². The van der Waals surface area contributed by atoms with E-state index in [2.05, 4.69) is 6.08 Å². The molecule has 3 aliphatic heterocycles. The number of aliphatic hydroxyl groups excluding tert-OH is 1. The van der Waals surface area contributed by atoms with E-state index in [9.17, 15) is 18.3 Å². The fourth-order valence-corrected chi connectivity index (χ4v) is 6.77. The number of carbonyl (C=O) groups is 1. The first kappa shape index (κ1) is 22.2. The molecule has 1 amide bonds. The molecular formula is C25H30N2O5S. The van der Waals surface area contributed by atoms with Crippen LogP contribution >= 0.6 is 0 Å². The van der Waals surface area contributed by atoms with Crippen LogP contribution in [0, 0.1) is 0 Å². The van der Waals surface area contributed by atoms with Gasteiger partial charge in [0.05, 0.1) is 16.6 Å². The molecule has 0 bridgehead atoms. The second-order valence-electron chi connectivity index (χ2n) is 9.62. The summed E-state index contributed by atoms with van der Waals surface area (Å²) in [5.41, 5.74) is 1.36. The number of sulfonamides is 1. The number of piperidine rings is 1. The van der Waals surface area contributed by atoms with E-state index in [1.807, 2.05) is 18.2 Å². The van der Waals surface area contributed by atoms with Crippen molar-refractivity contribution in [2.45, 2.75) is 68.6 Å². The van der Waals surface area contributed by atoms with Crippen molar-refractivity contribution in [3.05, 3.63) is 59.3 Å². The highest BCUT2D eigenvalue weighted by molar-refractivity contribution is 7.89. The largest absolute Gasteiger partial charge is 0.485 e. The maximum atomic E-state index is 13.7. The second-order valence-corrected chi connectivity index (χ2v) is 11.5. The van der Waals surface area contributed by atoms with Crippen LogP contribution in [0.2, 0.25) is 0 Å². The summed E-state index contributed by atoms with van der Waals surface area (Å²) in [4.78, 5) is 14.6. The lowest BCUT2D eigenvalue weighted by molar-refractivity contribution is -0.147. The van der Waals surface area contributed by atoms with E-state index in [1.165, 1.54) is 4.31 Å². The highest BCUT2D eigenvalue weighted by atomic mass is 32.2. The lowest BCUT2D eigenvalue weighted by Gasteiger charge is -2.47. The first-order valence-electron chi connectivity index (χ1n) is 11.6. The minimum Gasteiger partial charge on any atom is -0.485 e. The lowest BCUT2D eigenvalue weighted by Crippen LogP contribution is -2.55. The van der Waals surface area contributed by atoms with E-state index >= 15 is 0 Å². The average Bonchev–Trinajstić information content (AvgIpc) is 2.80. The molecule has 7 nitrogen and oxygen atoms in total. The van der Waals surface area contributed by atoms with Crippen LogP contribution in [-0.2, 0) is 14.8 Å². The molecule has 1 aliphatic carbocycles. The number of hydrogen-bond acceptors (Lipinski definition) is 5. The molecule has 4 aliphatic rings. The van der Waals surface area contributed by atoms with Crippen molar-refractivity contribution < 1.29 is 23.1 Å². The molecule has 8 heteroatoms. The summed E-state index contributed by atoms with van der Waals surface area (Å²) in [7, 11) is -3.83. The average molecular weight is 471 g/mol. The summed E-state index contributed by atoms with van der Waals surface area (Å²) in [6.45, 7) is 4.49. The number of benzene rings is 1. The maximum Gasteiger partial charge on any atom is 0.264 e. The molecule has 2 atom stereocenters. The zero-order valence-corrected chi connectivity index (χ0v) is 19.8. The van der Waals surface area contributed by atoms with Crippen LogP contribution in [0.1, 0.15) is 57.6 Å². The van der Waals surface area contributed by atoms with E-state index in [-0.39, 0.29) is 10.8 Å². The first-order chi connectivity index (χ1) is 15.7. The van der Waals surface area contributed by atoms with Crippen molar-refractivity contribution in [1.82, 2.24) is 9.21 Å². The molecule has 0 saturated carbocycles. The Labute approximate surface area is 195 Å². The van der Waals surface area contributed by atoms with Gasteiger partial charge < -0.3 is 14.7 Å². The number of allylic oxidation sites excluding steroid dienone is 4. The van der Waals surface area contributed by atoms with Crippen molar-refractivity contribution in [3.8, 4) is 5.75 Å². The molecule has 176 valence electrons. The van der Waals surface area contributed by atoms with Crippen molar-refractivity contribution in [1.29, 1.82) is 0 Å². The summed E-state index contributed by atoms with van der Waals surface area (Å²) < 4.78 is 35.0. The van der Waals surface area contributed by atoms with Crippen molar-refractivity contribution in [2.75, 3.05) is 13.1 Å². The Kier molecular flexibility index (Phi) is 5.40. The number of fused-ring (bicyclic) bond motifs is 2. The van der Waals surface area contributed by atoms with Crippen LogP contribution in [-0.4, -0.2) is 53.4 Å². The molecule has 1 aromatic rings. The molecule has 3 heterocycles. The predicted octanol–water partition coefficient (Wildman–Crippen LogP) is 3.44. The third-order valence-electron chi connectivity index (χ3n) is 7.02. The Hall–Kier alpha value is -2.58. The number of carbonyl (C=O) groups excluding carboxylic acids is 1. The number of amides is 1. The van der Waals surface area contributed by atoms with E-state index in [0.717, 1.165) is 24.8 Å². The van der Waals surface area contributed by atoms with Crippen LogP contribution in [0.4, 0.5) is 0 Å². The van der Waals surface area contributed by atoms with Crippen LogP contribution in [0.15, 0.2) is 58.7 Å². The number of ether oxygens (including phenoxy) is 1. The molecule has 33 heavy (non-hydrogen) atoms. The predicted molar refractivity (Wildman–Crippen MR) is 124 cm³/mol. The summed E-state index contributed by atoms with van der Waals surface area (Å²) >= 11 is 0. The number of nitrogens with zero attached hydrogens (tertiary/aromatic N) is 2. The molecular weight excluding hydrogens is 440 g/mol. The Balaban J connectivity index is 1.58. The smallest absolute Gasteiger partial charge is 0.264 e. The van der Waals surface area contributed by atoms with Crippen LogP contribution in [0.3, 0.4) is 0 Å². The molecule has 1 aromatic carbocycles. The van der Waals surface area contributed by atoms with E-state index in [4.69, 9.17) is 4.74 Å². The topological polar surface area (TPSA) is 87.2 Å². The molecule has 0 spiro atoms. The van der Waals surface area contributed by atoms with E-state index in [0.29, 0.717) is 42.9 Å². The lowest BCUT2D eigenvalue weighted by atomic mass is 9.84. The zero-order chi connectivity index (χ0) is 23.4. The monoisotopic (exact) mass is 470 g/mol. The first-order valence-corrected chi connectivity index (χ1v) is 13.0. The van der Waals surface area contributed by atoms with Gasteiger partial charge in [0.2, 0.25) is 5.91 Å². The fraction of sp³-hybridized carbons (Fsp3) is 0.480. The zero-order valence-electron chi connectivity index (χ0n) is 19.0. The highest BCUT2D eigenvalue weighted by Crippen LogP contribution is 2.45. The quantitative estimate of drug-likeness (QED) is 0.731. The van der Waals surface area contributed by atoms with Gasteiger partial charge in [-0.15, -0.1) is 0 Å². The molecule has 0 radical (unpaired) electrons. The van der Waals surface area contributed by atoms with E-state index in [1.54, 1.807) is 36.9 Å². The van der Waals surface area contributed by atoms with Gasteiger partial charge >= 0.3 is 0 Å². The molecule has 0 aromatic heterocycles. The Morgan fingerprint density at radius 2 is 2.00 bits per heavy atom. The van der Waals surface area contributed by atoms with Gasteiger partial charge in [-0.2, -0.15) is 0 Å². The van der Waals surface area contributed by atoms with Gasteiger partial charge in [-0.3, -0.25) is 9.10 Å². The summed E-state index contributed by atoms with van der Waals surface area (Å²) in [6.07, 6.45) is 10.4. The van der Waals surface area contributed by atoms with Crippen molar-refractivity contribution in [2.24, 2.45) is 0 Å².